The Kier molecular flexibility index (Phi) is 5.61. The molecule has 2 aliphatic rings. The molecule has 0 aromatic heterocycles. The molecule has 24 heavy (non-hydrogen) atoms. The molecule has 0 aromatic rings. The standard InChI is InChI=1S/C20H32O4/c1-13-7-9-17-19(3,10-5-11-20(17,4)18(23)24)15(13)8-6-14(2)16(22)12-21/h6,15-17,21-22H,1,5,7-12H2,2-4H3,(H,23,24)/b14-6-/t15-,16-,17?,19+,20-/m0/s1. The van der Waals surface area contributed by atoms with Gasteiger partial charge in [0.2, 0.25) is 0 Å². The van der Waals surface area contributed by atoms with E-state index in [4.69, 9.17) is 5.11 Å². The Balaban J connectivity index is 2.30. The van der Waals surface area contributed by atoms with Crippen LogP contribution in [0.4, 0.5) is 0 Å². The molecule has 0 bridgehead atoms. The molecule has 2 rings (SSSR count). The van der Waals surface area contributed by atoms with Crippen molar-refractivity contribution in [2.45, 2.75) is 65.4 Å². The monoisotopic (exact) mass is 336 g/mol. The summed E-state index contributed by atoms with van der Waals surface area (Å²) < 4.78 is 0. The molecule has 0 radical (unpaired) electrons. The summed E-state index contributed by atoms with van der Waals surface area (Å²) in [5, 5.41) is 28.7. The van der Waals surface area contributed by atoms with E-state index in [9.17, 15) is 15.0 Å². The Bertz CT molecular complexity index is 538. The number of carboxylic acid groups (broad SMARTS) is 1. The second-order valence-corrected chi connectivity index (χ2v) is 8.27. The molecule has 0 aromatic carbocycles. The fourth-order valence-corrected chi connectivity index (χ4v) is 5.22. The minimum atomic E-state index is -0.818. The van der Waals surface area contributed by atoms with E-state index in [1.54, 1.807) is 0 Å². The van der Waals surface area contributed by atoms with Crippen molar-refractivity contribution in [1.82, 2.24) is 0 Å². The van der Waals surface area contributed by atoms with E-state index in [2.05, 4.69) is 13.5 Å². The lowest BCUT2D eigenvalue weighted by Gasteiger charge is -2.57. The number of aliphatic carboxylic acids is 1. The lowest BCUT2D eigenvalue weighted by Crippen LogP contribution is -2.53. The minimum Gasteiger partial charge on any atom is -0.481 e. The second-order valence-electron chi connectivity index (χ2n) is 8.27. The minimum absolute atomic E-state index is 0.0678. The zero-order valence-electron chi connectivity index (χ0n) is 15.2. The summed E-state index contributed by atoms with van der Waals surface area (Å²) in [6, 6.07) is 0. The van der Waals surface area contributed by atoms with E-state index in [0.717, 1.165) is 44.1 Å². The third-order valence-electron chi connectivity index (χ3n) is 6.88. The SMILES string of the molecule is C=C1CCC2[C@](C)(CCC[C@]2(C)C(=O)O)[C@H]1C/C=C(/C)[C@@H](O)CO. The van der Waals surface area contributed by atoms with Crippen molar-refractivity contribution < 1.29 is 20.1 Å². The van der Waals surface area contributed by atoms with Gasteiger partial charge in [-0.15, -0.1) is 0 Å². The Morgan fingerprint density at radius 3 is 2.67 bits per heavy atom. The fourth-order valence-electron chi connectivity index (χ4n) is 5.22. The van der Waals surface area contributed by atoms with E-state index in [1.165, 1.54) is 5.57 Å². The first kappa shape index (κ1) is 19.2. The van der Waals surface area contributed by atoms with Crippen molar-refractivity contribution in [2.75, 3.05) is 6.61 Å². The smallest absolute Gasteiger partial charge is 0.309 e. The molecule has 4 nitrogen and oxygen atoms in total. The summed E-state index contributed by atoms with van der Waals surface area (Å²) in [7, 11) is 0. The maximum absolute atomic E-state index is 12.0. The third kappa shape index (κ3) is 3.18. The van der Waals surface area contributed by atoms with Crippen LogP contribution in [0, 0.1) is 22.7 Å². The molecule has 0 amide bonds. The van der Waals surface area contributed by atoms with Gasteiger partial charge in [0, 0.05) is 0 Å². The van der Waals surface area contributed by atoms with Crippen LogP contribution in [-0.2, 0) is 4.79 Å². The highest BCUT2D eigenvalue weighted by Gasteiger charge is 2.57. The maximum atomic E-state index is 12.0. The van der Waals surface area contributed by atoms with Crippen LogP contribution in [0.3, 0.4) is 0 Å². The van der Waals surface area contributed by atoms with Crippen molar-refractivity contribution in [2.24, 2.45) is 22.7 Å². The van der Waals surface area contributed by atoms with Crippen LogP contribution in [-0.4, -0.2) is 34.0 Å². The predicted molar refractivity (Wildman–Crippen MR) is 94.5 cm³/mol. The topological polar surface area (TPSA) is 77.8 Å². The number of allylic oxidation sites excluding steroid dienone is 2. The van der Waals surface area contributed by atoms with E-state index < -0.39 is 17.5 Å². The van der Waals surface area contributed by atoms with Gasteiger partial charge in [-0.05, 0) is 68.8 Å². The van der Waals surface area contributed by atoms with E-state index in [1.807, 2.05) is 19.9 Å². The molecular formula is C20H32O4. The van der Waals surface area contributed by atoms with Crippen molar-refractivity contribution in [3.05, 3.63) is 23.8 Å². The van der Waals surface area contributed by atoms with Gasteiger partial charge >= 0.3 is 5.97 Å². The first-order valence-electron chi connectivity index (χ1n) is 9.03. The van der Waals surface area contributed by atoms with Gasteiger partial charge in [-0.2, -0.15) is 0 Å². The van der Waals surface area contributed by atoms with Crippen molar-refractivity contribution in [1.29, 1.82) is 0 Å². The molecule has 0 saturated heterocycles. The number of carbonyl (C=O) groups is 1. The summed E-state index contributed by atoms with van der Waals surface area (Å²) in [6.45, 7) is 9.98. The lowest BCUT2D eigenvalue weighted by atomic mass is 9.46. The Hall–Kier alpha value is -1.13. The quantitative estimate of drug-likeness (QED) is 0.671. The van der Waals surface area contributed by atoms with Gasteiger partial charge in [0.15, 0.2) is 0 Å². The van der Waals surface area contributed by atoms with Gasteiger partial charge in [0.05, 0.1) is 18.1 Å². The average molecular weight is 336 g/mol. The molecule has 3 N–H and O–H groups in total. The summed E-state index contributed by atoms with van der Waals surface area (Å²) in [5.74, 6) is -0.286. The van der Waals surface area contributed by atoms with Gasteiger partial charge in [0.25, 0.3) is 0 Å². The molecule has 0 aliphatic heterocycles. The van der Waals surface area contributed by atoms with Crippen LogP contribution in [0.1, 0.15) is 59.3 Å². The van der Waals surface area contributed by atoms with Crippen LogP contribution in [0.5, 0.6) is 0 Å². The number of hydrogen-bond acceptors (Lipinski definition) is 3. The van der Waals surface area contributed by atoms with Crippen molar-refractivity contribution in [3.8, 4) is 0 Å². The molecule has 5 atom stereocenters. The largest absolute Gasteiger partial charge is 0.481 e. The molecule has 0 heterocycles. The normalized spacial score (nSPS) is 38.5. The number of fused-ring (bicyclic) bond motifs is 1. The van der Waals surface area contributed by atoms with Crippen molar-refractivity contribution >= 4 is 5.97 Å². The van der Waals surface area contributed by atoms with Gasteiger partial charge in [0.1, 0.15) is 0 Å². The number of rotatable bonds is 5. The van der Waals surface area contributed by atoms with E-state index in [-0.39, 0.29) is 23.9 Å². The summed E-state index contributed by atoms with van der Waals surface area (Å²) in [5.41, 5.74) is 1.25. The number of aliphatic hydroxyl groups excluding tert-OH is 2. The molecule has 2 aliphatic carbocycles. The molecule has 0 spiro atoms. The zero-order chi connectivity index (χ0) is 18.1. The summed E-state index contributed by atoms with van der Waals surface area (Å²) in [4.78, 5) is 12.0. The fraction of sp³-hybridized carbons (Fsp3) is 0.750. The predicted octanol–water partition coefficient (Wildman–Crippen LogP) is 3.54. The average Bonchev–Trinajstić information content (AvgIpc) is 2.52. The molecule has 1 unspecified atom stereocenters. The second kappa shape index (κ2) is 7.01. The van der Waals surface area contributed by atoms with Crippen LogP contribution < -0.4 is 0 Å². The van der Waals surface area contributed by atoms with Gasteiger partial charge in [-0.25, -0.2) is 0 Å². The Morgan fingerprint density at radius 1 is 1.42 bits per heavy atom. The third-order valence-corrected chi connectivity index (χ3v) is 6.88. The highest BCUT2D eigenvalue weighted by Crippen LogP contribution is 2.61. The summed E-state index contributed by atoms with van der Waals surface area (Å²) >= 11 is 0. The molecule has 2 saturated carbocycles. The summed E-state index contributed by atoms with van der Waals surface area (Å²) in [6.07, 6.45) is 6.42. The number of hydrogen-bond donors (Lipinski definition) is 3. The van der Waals surface area contributed by atoms with Crippen LogP contribution in [0.25, 0.3) is 0 Å². The van der Waals surface area contributed by atoms with Gasteiger partial charge < -0.3 is 15.3 Å². The van der Waals surface area contributed by atoms with Crippen molar-refractivity contribution in [3.63, 3.8) is 0 Å². The highest BCUT2D eigenvalue weighted by molar-refractivity contribution is 5.75. The lowest BCUT2D eigenvalue weighted by molar-refractivity contribution is -0.164. The molecule has 136 valence electrons. The first-order valence-corrected chi connectivity index (χ1v) is 9.03. The molecular weight excluding hydrogens is 304 g/mol. The zero-order valence-corrected chi connectivity index (χ0v) is 15.2. The highest BCUT2D eigenvalue weighted by atomic mass is 16.4. The van der Waals surface area contributed by atoms with Crippen LogP contribution in [0.2, 0.25) is 0 Å². The van der Waals surface area contributed by atoms with E-state index >= 15 is 0 Å². The Morgan fingerprint density at radius 2 is 2.08 bits per heavy atom. The maximum Gasteiger partial charge on any atom is 0.309 e. The van der Waals surface area contributed by atoms with Gasteiger partial charge in [-0.3, -0.25) is 4.79 Å². The molecule has 2 fully saturated rings. The number of aliphatic hydroxyl groups is 2. The Labute approximate surface area is 145 Å². The first-order chi connectivity index (χ1) is 11.2. The molecule has 4 heteroatoms. The number of carboxylic acids is 1. The van der Waals surface area contributed by atoms with Crippen LogP contribution in [0.15, 0.2) is 23.8 Å². The van der Waals surface area contributed by atoms with E-state index in [0.29, 0.717) is 0 Å². The van der Waals surface area contributed by atoms with Gasteiger partial charge in [-0.1, -0.05) is 31.6 Å². The van der Waals surface area contributed by atoms with Crippen LogP contribution >= 0.6 is 0 Å².